The maximum absolute atomic E-state index is 3.69. The molecule has 108 valence electrons. The highest BCUT2D eigenvalue weighted by atomic mass is 32.1. The van der Waals surface area contributed by atoms with E-state index in [1.807, 2.05) is 11.3 Å². The van der Waals surface area contributed by atoms with Gasteiger partial charge in [0.15, 0.2) is 0 Å². The zero-order chi connectivity index (χ0) is 13.7. The summed E-state index contributed by atoms with van der Waals surface area (Å²) in [4.78, 5) is 3.10. The van der Waals surface area contributed by atoms with Gasteiger partial charge in [0.05, 0.1) is 0 Å². The molecule has 1 nitrogen and oxygen atoms in total. The summed E-state index contributed by atoms with van der Waals surface area (Å²) in [6.07, 6.45) is 7.08. The maximum atomic E-state index is 3.69. The summed E-state index contributed by atoms with van der Waals surface area (Å²) in [6, 6.07) is 4.68. The van der Waals surface area contributed by atoms with Crippen molar-refractivity contribution in [2.75, 3.05) is 13.1 Å². The molecule has 1 heterocycles. The molecular weight excluding hydrogens is 250 g/mol. The second kappa shape index (κ2) is 7.44. The molecule has 1 aliphatic carbocycles. The lowest BCUT2D eigenvalue weighted by Gasteiger charge is -2.25. The predicted octanol–water partition coefficient (Wildman–Crippen LogP) is 4.97. The largest absolute Gasteiger partial charge is 0.316 e. The topological polar surface area (TPSA) is 12.0 Å². The van der Waals surface area contributed by atoms with Gasteiger partial charge in [-0.2, -0.15) is 0 Å². The Morgan fingerprint density at radius 2 is 2.00 bits per heavy atom. The average Bonchev–Trinajstić information content (AvgIpc) is 2.65. The minimum atomic E-state index is 0.758. The van der Waals surface area contributed by atoms with Crippen molar-refractivity contribution in [1.82, 2.24) is 5.32 Å². The predicted molar refractivity (Wildman–Crippen MR) is 86.1 cm³/mol. The van der Waals surface area contributed by atoms with Gasteiger partial charge in [-0.1, -0.05) is 33.1 Å². The van der Waals surface area contributed by atoms with Gasteiger partial charge in [0.1, 0.15) is 0 Å². The third-order valence-electron chi connectivity index (χ3n) is 4.24. The van der Waals surface area contributed by atoms with Crippen molar-refractivity contribution in [2.45, 2.75) is 58.8 Å². The fourth-order valence-corrected chi connectivity index (χ4v) is 4.32. The van der Waals surface area contributed by atoms with E-state index in [-0.39, 0.29) is 0 Å². The van der Waals surface area contributed by atoms with Crippen LogP contribution in [0.2, 0.25) is 0 Å². The molecule has 0 saturated heterocycles. The van der Waals surface area contributed by atoms with E-state index in [4.69, 9.17) is 0 Å². The molecule has 2 heteroatoms. The number of thiophene rings is 1. The first-order chi connectivity index (χ1) is 9.16. The lowest BCUT2D eigenvalue weighted by molar-refractivity contribution is 0.369. The standard InChI is InChI=1S/C17H29NS/c1-13(2)11-18-12-15-7-5-4-6-8-16(15)17-10-9-14(3)19-17/h9-10,13,15-16,18H,4-8,11-12H2,1-3H3. The zero-order valence-electron chi connectivity index (χ0n) is 12.7. The Kier molecular flexibility index (Phi) is 5.90. The molecule has 1 aromatic rings. The van der Waals surface area contributed by atoms with Gasteiger partial charge in [0, 0.05) is 9.75 Å². The number of rotatable bonds is 5. The SMILES string of the molecule is Cc1ccc(C2CCCCCC2CNCC(C)C)s1. The molecule has 1 aromatic heterocycles. The van der Waals surface area contributed by atoms with Crippen LogP contribution in [0.1, 0.15) is 61.6 Å². The zero-order valence-corrected chi connectivity index (χ0v) is 13.6. The van der Waals surface area contributed by atoms with Gasteiger partial charge in [-0.3, -0.25) is 0 Å². The summed E-state index contributed by atoms with van der Waals surface area (Å²) in [7, 11) is 0. The fraction of sp³-hybridized carbons (Fsp3) is 0.765. The van der Waals surface area contributed by atoms with Crippen molar-refractivity contribution in [2.24, 2.45) is 11.8 Å². The highest BCUT2D eigenvalue weighted by molar-refractivity contribution is 7.12. The molecule has 2 atom stereocenters. The van der Waals surface area contributed by atoms with Crippen LogP contribution in [0.4, 0.5) is 0 Å². The van der Waals surface area contributed by atoms with Gasteiger partial charge < -0.3 is 5.32 Å². The van der Waals surface area contributed by atoms with Crippen molar-refractivity contribution >= 4 is 11.3 Å². The minimum absolute atomic E-state index is 0.758. The summed E-state index contributed by atoms with van der Waals surface area (Å²) >= 11 is 2.02. The average molecular weight is 279 g/mol. The molecule has 1 fully saturated rings. The van der Waals surface area contributed by atoms with Crippen molar-refractivity contribution < 1.29 is 0 Å². The maximum Gasteiger partial charge on any atom is 0.00822 e. The van der Waals surface area contributed by atoms with Crippen LogP contribution in [0.15, 0.2) is 12.1 Å². The van der Waals surface area contributed by atoms with E-state index in [9.17, 15) is 0 Å². The van der Waals surface area contributed by atoms with E-state index in [2.05, 4.69) is 38.2 Å². The van der Waals surface area contributed by atoms with Crippen LogP contribution < -0.4 is 5.32 Å². The molecule has 0 bridgehead atoms. The van der Waals surface area contributed by atoms with Crippen LogP contribution >= 0.6 is 11.3 Å². The normalized spacial score (nSPS) is 24.6. The number of hydrogen-bond donors (Lipinski definition) is 1. The first kappa shape index (κ1) is 15.1. The summed E-state index contributed by atoms with van der Waals surface area (Å²) in [5.74, 6) is 2.41. The molecular formula is C17H29NS. The van der Waals surface area contributed by atoms with Crippen LogP contribution in [0.25, 0.3) is 0 Å². The summed E-state index contributed by atoms with van der Waals surface area (Å²) in [5, 5.41) is 3.69. The van der Waals surface area contributed by atoms with Crippen molar-refractivity contribution in [3.8, 4) is 0 Å². The van der Waals surface area contributed by atoms with Gasteiger partial charge in [0.2, 0.25) is 0 Å². The van der Waals surface area contributed by atoms with Gasteiger partial charge >= 0.3 is 0 Å². The van der Waals surface area contributed by atoms with E-state index in [1.165, 1.54) is 43.5 Å². The summed E-state index contributed by atoms with van der Waals surface area (Å²) in [6.45, 7) is 9.18. The van der Waals surface area contributed by atoms with Crippen LogP contribution in [-0.2, 0) is 0 Å². The Morgan fingerprint density at radius 3 is 2.68 bits per heavy atom. The van der Waals surface area contributed by atoms with E-state index < -0.39 is 0 Å². The van der Waals surface area contributed by atoms with Gasteiger partial charge in [-0.15, -0.1) is 11.3 Å². The summed E-state index contributed by atoms with van der Waals surface area (Å²) in [5.41, 5.74) is 0. The van der Waals surface area contributed by atoms with Crippen molar-refractivity contribution in [3.63, 3.8) is 0 Å². The third-order valence-corrected chi connectivity index (χ3v) is 5.38. The Balaban J connectivity index is 1.98. The Bertz CT molecular complexity index is 369. The minimum Gasteiger partial charge on any atom is -0.316 e. The molecule has 0 amide bonds. The first-order valence-electron chi connectivity index (χ1n) is 7.94. The van der Waals surface area contributed by atoms with E-state index >= 15 is 0 Å². The number of nitrogens with one attached hydrogen (secondary N) is 1. The molecule has 2 rings (SSSR count). The van der Waals surface area contributed by atoms with Crippen LogP contribution in [0.3, 0.4) is 0 Å². The van der Waals surface area contributed by atoms with Crippen molar-refractivity contribution in [3.05, 3.63) is 21.9 Å². The highest BCUT2D eigenvalue weighted by Crippen LogP contribution is 2.39. The molecule has 1 aliphatic rings. The molecule has 0 radical (unpaired) electrons. The quantitative estimate of drug-likeness (QED) is 0.751. The summed E-state index contributed by atoms with van der Waals surface area (Å²) < 4.78 is 0. The van der Waals surface area contributed by atoms with Crippen LogP contribution in [-0.4, -0.2) is 13.1 Å². The van der Waals surface area contributed by atoms with Crippen LogP contribution in [0, 0.1) is 18.8 Å². The highest BCUT2D eigenvalue weighted by Gasteiger charge is 2.25. The molecule has 0 aromatic carbocycles. The second-order valence-corrected chi connectivity index (χ2v) is 7.82. The molecule has 1 N–H and O–H groups in total. The molecule has 0 spiro atoms. The van der Waals surface area contributed by atoms with E-state index in [0.29, 0.717) is 0 Å². The number of hydrogen-bond acceptors (Lipinski definition) is 2. The van der Waals surface area contributed by atoms with E-state index in [0.717, 1.165) is 24.3 Å². The molecule has 0 aliphatic heterocycles. The smallest absolute Gasteiger partial charge is 0.00822 e. The molecule has 1 saturated carbocycles. The second-order valence-electron chi connectivity index (χ2n) is 6.51. The van der Waals surface area contributed by atoms with Gasteiger partial charge in [-0.25, -0.2) is 0 Å². The fourth-order valence-electron chi connectivity index (χ4n) is 3.21. The van der Waals surface area contributed by atoms with E-state index in [1.54, 1.807) is 4.88 Å². The van der Waals surface area contributed by atoms with Crippen molar-refractivity contribution in [1.29, 1.82) is 0 Å². The van der Waals surface area contributed by atoms with Gasteiger partial charge in [-0.05, 0) is 62.7 Å². The number of aryl methyl sites for hydroxylation is 1. The third kappa shape index (κ3) is 4.61. The first-order valence-corrected chi connectivity index (χ1v) is 8.75. The molecule has 2 unspecified atom stereocenters. The van der Waals surface area contributed by atoms with Crippen LogP contribution in [0.5, 0.6) is 0 Å². The van der Waals surface area contributed by atoms with Gasteiger partial charge in [0.25, 0.3) is 0 Å². The monoisotopic (exact) mass is 279 g/mol. The lowest BCUT2D eigenvalue weighted by Crippen LogP contribution is -2.29. The Hall–Kier alpha value is -0.340. The Labute approximate surface area is 122 Å². The molecule has 19 heavy (non-hydrogen) atoms. The lowest BCUT2D eigenvalue weighted by atomic mass is 9.86. The Morgan fingerprint density at radius 1 is 1.21 bits per heavy atom.